The molecule has 0 radical (unpaired) electrons. The number of aliphatic hydroxyl groups excluding tert-OH is 1. The molecule has 0 aliphatic carbocycles. The third-order valence-electron chi connectivity index (χ3n) is 4.96. The van der Waals surface area contributed by atoms with Crippen molar-refractivity contribution in [1.29, 1.82) is 0 Å². The summed E-state index contributed by atoms with van der Waals surface area (Å²) < 4.78 is 33.7. The number of carbonyl (C=O) groups is 1. The average molecular weight is 435 g/mol. The second-order valence-electron chi connectivity index (χ2n) is 7.28. The Balaban J connectivity index is 1.53. The number of ether oxygens (including phenoxy) is 1. The van der Waals surface area contributed by atoms with Crippen LogP contribution in [0.5, 0.6) is 0 Å². The lowest BCUT2D eigenvalue weighted by atomic mass is 9.98. The molecule has 2 aromatic rings. The third kappa shape index (κ3) is 6.05. The summed E-state index contributed by atoms with van der Waals surface area (Å²) >= 11 is 0. The zero-order valence-corrected chi connectivity index (χ0v) is 17.5. The van der Waals surface area contributed by atoms with Crippen molar-refractivity contribution in [2.45, 2.75) is 55.9 Å². The Bertz CT molecular complexity index is 937. The standard InChI is InChI=1S/C20H26N4O5S/c1-14-2-5-17(6-3-14)30(27,28)24-18-7-4-16(29-19(18)12-25)10-20(26)22-11-15-8-9-21-13-23-15/h2-3,5-6,8-9,13,16,18-19,24-25H,4,7,10-12H2,1H3,(H,22,26)/t16-,18+,19+/m1/s1. The SMILES string of the molecule is Cc1ccc(S(=O)(=O)N[C@H]2CC[C@H](CC(=O)NCc3ccncn3)O[C@H]2CO)cc1. The van der Waals surface area contributed by atoms with Crippen molar-refractivity contribution in [2.24, 2.45) is 0 Å². The quantitative estimate of drug-likeness (QED) is 0.557. The largest absolute Gasteiger partial charge is 0.394 e. The number of hydrogen-bond donors (Lipinski definition) is 3. The highest BCUT2D eigenvalue weighted by atomic mass is 32.2. The molecule has 162 valence electrons. The van der Waals surface area contributed by atoms with Gasteiger partial charge in [0, 0.05) is 6.20 Å². The van der Waals surface area contributed by atoms with E-state index in [-0.39, 0.29) is 30.4 Å². The summed E-state index contributed by atoms with van der Waals surface area (Å²) in [7, 11) is -3.73. The van der Waals surface area contributed by atoms with E-state index in [2.05, 4.69) is 20.0 Å². The lowest BCUT2D eigenvalue weighted by Gasteiger charge is -2.35. The van der Waals surface area contributed by atoms with E-state index in [1.54, 1.807) is 36.5 Å². The van der Waals surface area contributed by atoms with Crippen LogP contribution in [0, 0.1) is 6.92 Å². The molecule has 2 heterocycles. The lowest BCUT2D eigenvalue weighted by molar-refractivity contribution is -0.130. The molecule has 1 aliphatic heterocycles. The van der Waals surface area contributed by atoms with Crippen LogP contribution in [0.25, 0.3) is 0 Å². The Labute approximate surface area is 176 Å². The van der Waals surface area contributed by atoms with E-state index in [4.69, 9.17) is 4.74 Å². The lowest BCUT2D eigenvalue weighted by Crippen LogP contribution is -2.51. The third-order valence-corrected chi connectivity index (χ3v) is 6.46. The molecular formula is C20H26N4O5S. The first-order chi connectivity index (χ1) is 14.4. The summed E-state index contributed by atoms with van der Waals surface area (Å²) in [4.78, 5) is 20.2. The normalized spacial score (nSPS) is 21.9. The predicted octanol–water partition coefficient (Wildman–Crippen LogP) is 0.678. The summed E-state index contributed by atoms with van der Waals surface area (Å²) in [5.41, 5.74) is 1.66. The Kier molecular flexibility index (Phi) is 7.48. The van der Waals surface area contributed by atoms with E-state index >= 15 is 0 Å². The van der Waals surface area contributed by atoms with Crippen LogP contribution in [-0.2, 0) is 26.1 Å². The van der Waals surface area contributed by atoms with Crippen molar-refractivity contribution in [3.8, 4) is 0 Å². The first-order valence-corrected chi connectivity index (χ1v) is 11.2. The van der Waals surface area contributed by atoms with Crippen molar-refractivity contribution in [1.82, 2.24) is 20.0 Å². The van der Waals surface area contributed by atoms with Crippen LogP contribution in [0.2, 0.25) is 0 Å². The van der Waals surface area contributed by atoms with E-state index in [1.807, 2.05) is 6.92 Å². The number of sulfonamides is 1. The Morgan fingerprint density at radius 2 is 2.00 bits per heavy atom. The van der Waals surface area contributed by atoms with E-state index < -0.39 is 28.3 Å². The summed E-state index contributed by atoms with van der Waals surface area (Å²) in [6.07, 6.45) is 2.97. The van der Waals surface area contributed by atoms with Gasteiger partial charge < -0.3 is 15.2 Å². The Morgan fingerprint density at radius 1 is 1.23 bits per heavy atom. The molecule has 0 bridgehead atoms. The highest BCUT2D eigenvalue weighted by molar-refractivity contribution is 7.89. The molecule has 1 aromatic carbocycles. The summed E-state index contributed by atoms with van der Waals surface area (Å²) in [6.45, 7) is 1.82. The van der Waals surface area contributed by atoms with Crippen molar-refractivity contribution in [3.63, 3.8) is 0 Å². The minimum absolute atomic E-state index is 0.124. The fourth-order valence-corrected chi connectivity index (χ4v) is 4.59. The predicted molar refractivity (Wildman–Crippen MR) is 109 cm³/mol. The number of nitrogens with one attached hydrogen (secondary N) is 2. The number of hydrogen-bond acceptors (Lipinski definition) is 7. The highest BCUT2D eigenvalue weighted by Crippen LogP contribution is 2.23. The van der Waals surface area contributed by atoms with Crippen LogP contribution in [0.3, 0.4) is 0 Å². The molecule has 3 N–H and O–H groups in total. The van der Waals surface area contributed by atoms with Crippen LogP contribution < -0.4 is 10.0 Å². The molecule has 3 rings (SSSR count). The Morgan fingerprint density at radius 3 is 2.67 bits per heavy atom. The molecule has 1 fully saturated rings. The van der Waals surface area contributed by atoms with Gasteiger partial charge in [0.25, 0.3) is 0 Å². The maximum Gasteiger partial charge on any atom is 0.240 e. The average Bonchev–Trinajstić information content (AvgIpc) is 2.74. The molecule has 1 saturated heterocycles. The second-order valence-corrected chi connectivity index (χ2v) is 8.99. The first-order valence-electron chi connectivity index (χ1n) is 9.74. The van der Waals surface area contributed by atoms with Gasteiger partial charge in [-0.3, -0.25) is 4.79 Å². The van der Waals surface area contributed by atoms with Gasteiger partial charge in [0.1, 0.15) is 6.33 Å². The van der Waals surface area contributed by atoms with Gasteiger partial charge in [0.05, 0.1) is 48.4 Å². The summed E-state index contributed by atoms with van der Waals surface area (Å²) in [5.74, 6) is -0.200. The van der Waals surface area contributed by atoms with Gasteiger partial charge >= 0.3 is 0 Å². The maximum absolute atomic E-state index is 12.6. The molecular weight excluding hydrogens is 408 g/mol. The van der Waals surface area contributed by atoms with E-state index in [9.17, 15) is 18.3 Å². The monoisotopic (exact) mass is 434 g/mol. The van der Waals surface area contributed by atoms with Gasteiger partial charge in [0.2, 0.25) is 15.9 Å². The Hall–Kier alpha value is -2.40. The topological polar surface area (TPSA) is 131 Å². The first kappa shape index (κ1) is 22.3. The number of aromatic nitrogens is 2. The van der Waals surface area contributed by atoms with Crippen LogP contribution in [0.4, 0.5) is 0 Å². The summed E-state index contributed by atoms with van der Waals surface area (Å²) in [5, 5.41) is 12.5. The van der Waals surface area contributed by atoms with Crippen molar-refractivity contribution in [2.75, 3.05) is 6.61 Å². The highest BCUT2D eigenvalue weighted by Gasteiger charge is 2.34. The molecule has 1 amide bonds. The number of amides is 1. The van der Waals surface area contributed by atoms with Gasteiger partial charge in [-0.05, 0) is 38.0 Å². The van der Waals surface area contributed by atoms with E-state index in [0.29, 0.717) is 18.5 Å². The summed E-state index contributed by atoms with van der Waals surface area (Å²) in [6, 6.07) is 7.68. The van der Waals surface area contributed by atoms with Crippen LogP contribution in [0.15, 0.2) is 47.8 Å². The van der Waals surface area contributed by atoms with Crippen LogP contribution in [0.1, 0.15) is 30.5 Å². The van der Waals surface area contributed by atoms with Crippen molar-refractivity contribution < 1.29 is 23.1 Å². The van der Waals surface area contributed by atoms with Gasteiger partial charge in [-0.1, -0.05) is 17.7 Å². The molecule has 1 aromatic heterocycles. The van der Waals surface area contributed by atoms with Gasteiger partial charge in [-0.25, -0.2) is 23.1 Å². The smallest absolute Gasteiger partial charge is 0.240 e. The zero-order chi connectivity index (χ0) is 21.6. The minimum atomic E-state index is -3.73. The van der Waals surface area contributed by atoms with Gasteiger partial charge in [0.15, 0.2) is 0 Å². The molecule has 9 nitrogen and oxygen atoms in total. The molecule has 30 heavy (non-hydrogen) atoms. The molecule has 3 atom stereocenters. The minimum Gasteiger partial charge on any atom is -0.394 e. The van der Waals surface area contributed by atoms with Crippen molar-refractivity contribution >= 4 is 15.9 Å². The number of aryl methyl sites for hydroxylation is 1. The maximum atomic E-state index is 12.6. The molecule has 0 spiro atoms. The number of carbonyl (C=O) groups excluding carboxylic acids is 1. The molecule has 0 saturated carbocycles. The number of rotatable bonds is 8. The van der Waals surface area contributed by atoms with E-state index in [1.165, 1.54) is 6.33 Å². The van der Waals surface area contributed by atoms with Crippen LogP contribution in [-0.4, -0.2) is 54.3 Å². The van der Waals surface area contributed by atoms with Crippen LogP contribution >= 0.6 is 0 Å². The number of nitrogens with zero attached hydrogens (tertiary/aromatic N) is 2. The fraction of sp³-hybridized carbons (Fsp3) is 0.450. The van der Waals surface area contributed by atoms with Gasteiger partial charge in [-0.2, -0.15) is 0 Å². The second kappa shape index (κ2) is 10.1. The molecule has 10 heteroatoms. The zero-order valence-electron chi connectivity index (χ0n) is 16.7. The number of benzene rings is 1. The van der Waals surface area contributed by atoms with E-state index in [0.717, 1.165) is 5.56 Å². The number of aliphatic hydroxyl groups is 1. The molecule has 1 aliphatic rings. The molecule has 0 unspecified atom stereocenters. The van der Waals surface area contributed by atoms with Crippen molar-refractivity contribution in [3.05, 3.63) is 54.1 Å². The fourth-order valence-electron chi connectivity index (χ4n) is 3.29. The van der Waals surface area contributed by atoms with Gasteiger partial charge in [-0.15, -0.1) is 0 Å².